The largest absolute Gasteiger partial charge is 0.416 e. The first-order valence-electron chi connectivity index (χ1n) is 8.18. The smallest absolute Gasteiger partial charge is 0.325 e. The van der Waals surface area contributed by atoms with Crippen LogP contribution in [0.25, 0.3) is 11.5 Å². The van der Waals surface area contributed by atoms with Gasteiger partial charge in [0, 0.05) is 24.6 Å². The molecule has 3 aromatic rings. The minimum Gasteiger partial charge on any atom is -0.325 e. The summed E-state index contributed by atoms with van der Waals surface area (Å²) in [4.78, 5) is 20.3. The highest BCUT2D eigenvalue weighted by atomic mass is 32.2. The molecule has 1 amide bonds. The molecule has 0 bridgehead atoms. The van der Waals surface area contributed by atoms with E-state index in [0.717, 1.165) is 23.9 Å². The Morgan fingerprint density at radius 1 is 1.25 bits per heavy atom. The number of amides is 1. The van der Waals surface area contributed by atoms with Crippen molar-refractivity contribution in [1.82, 2.24) is 24.7 Å². The van der Waals surface area contributed by atoms with Crippen molar-refractivity contribution in [2.24, 2.45) is 0 Å². The second-order valence-corrected chi connectivity index (χ2v) is 6.50. The minimum atomic E-state index is -4.47. The first-order valence-corrected chi connectivity index (χ1v) is 9.16. The Kier molecular flexibility index (Phi) is 5.93. The molecule has 0 unspecified atom stereocenters. The van der Waals surface area contributed by atoms with Gasteiger partial charge in [0.25, 0.3) is 0 Å². The Labute approximate surface area is 162 Å². The number of thioether (sulfide) groups is 1. The van der Waals surface area contributed by atoms with Crippen molar-refractivity contribution in [1.29, 1.82) is 0 Å². The average molecular weight is 408 g/mol. The maximum absolute atomic E-state index is 12.8. The topological polar surface area (TPSA) is 85.6 Å². The number of carbonyl (C=O) groups excluding carboxylic acids is 1. The molecule has 2 aromatic heterocycles. The summed E-state index contributed by atoms with van der Waals surface area (Å²) in [5, 5.41) is 11.1. The van der Waals surface area contributed by atoms with Gasteiger partial charge in [-0.25, -0.2) is 4.98 Å². The van der Waals surface area contributed by atoms with E-state index >= 15 is 0 Å². The van der Waals surface area contributed by atoms with Crippen molar-refractivity contribution < 1.29 is 18.0 Å². The number of aromatic nitrogens is 5. The maximum atomic E-state index is 12.8. The molecule has 11 heteroatoms. The number of nitrogens with zero attached hydrogens (tertiary/aromatic N) is 5. The van der Waals surface area contributed by atoms with Gasteiger partial charge in [-0.05, 0) is 25.1 Å². The maximum Gasteiger partial charge on any atom is 0.416 e. The molecule has 0 saturated carbocycles. The van der Waals surface area contributed by atoms with Gasteiger partial charge in [0.1, 0.15) is 5.69 Å². The third kappa shape index (κ3) is 4.66. The highest BCUT2D eigenvalue weighted by Crippen LogP contribution is 2.30. The number of hydrogen-bond donors (Lipinski definition) is 1. The van der Waals surface area contributed by atoms with Crippen LogP contribution in [0.5, 0.6) is 0 Å². The zero-order chi connectivity index (χ0) is 20.1. The number of hydrogen-bond acceptors (Lipinski definition) is 6. The van der Waals surface area contributed by atoms with E-state index in [4.69, 9.17) is 0 Å². The summed E-state index contributed by atoms with van der Waals surface area (Å²) < 4.78 is 40.1. The van der Waals surface area contributed by atoms with Gasteiger partial charge in [-0.1, -0.05) is 17.8 Å². The van der Waals surface area contributed by atoms with Crippen molar-refractivity contribution in [2.75, 3.05) is 11.1 Å². The zero-order valence-corrected chi connectivity index (χ0v) is 15.5. The van der Waals surface area contributed by atoms with E-state index in [1.54, 1.807) is 23.2 Å². The lowest BCUT2D eigenvalue weighted by molar-refractivity contribution is -0.137. The first-order chi connectivity index (χ1) is 13.4. The summed E-state index contributed by atoms with van der Waals surface area (Å²) in [6.45, 7) is 2.45. The SMILES string of the molecule is CCn1c(SCC(=O)Nc2cccc(C(F)(F)F)c2)nnc1-c1cnccn1. The van der Waals surface area contributed by atoms with Crippen LogP contribution >= 0.6 is 11.8 Å². The fourth-order valence-corrected chi connectivity index (χ4v) is 3.19. The van der Waals surface area contributed by atoms with Crippen molar-refractivity contribution in [3.63, 3.8) is 0 Å². The number of rotatable bonds is 6. The fourth-order valence-electron chi connectivity index (χ4n) is 2.39. The Hall–Kier alpha value is -2.95. The highest BCUT2D eigenvalue weighted by Gasteiger charge is 2.30. The van der Waals surface area contributed by atoms with Gasteiger partial charge in [-0.15, -0.1) is 10.2 Å². The van der Waals surface area contributed by atoms with E-state index in [1.807, 2.05) is 6.92 Å². The number of nitrogens with one attached hydrogen (secondary N) is 1. The number of halogens is 3. The van der Waals surface area contributed by atoms with Gasteiger partial charge in [0.2, 0.25) is 5.91 Å². The number of benzene rings is 1. The summed E-state index contributed by atoms with van der Waals surface area (Å²) in [6, 6.07) is 4.48. The quantitative estimate of drug-likeness (QED) is 0.629. The summed E-state index contributed by atoms with van der Waals surface area (Å²) >= 11 is 1.13. The monoisotopic (exact) mass is 408 g/mol. The summed E-state index contributed by atoms with van der Waals surface area (Å²) in [7, 11) is 0. The van der Waals surface area contributed by atoms with Crippen LogP contribution in [-0.2, 0) is 17.5 Å². The first kappa shape index (κ1) is 19.8. The predicted octanol–water partition coefficient (Wildman–Crippen LogP) is 3.50. The van der Waals surface area contributed by atoms with E-state index in [0.29, 0.717) is 23.2 Å². The third-order valence-electron chi connectivity index (χ3n) is 3.63. The van der Waals surface area contributed by atoms with Crippen molar-refractivity contribution >= 4 is 23.4 Å². The second kappa shape index (κ2) is 8.38. The molecule has 2 heterocycles. The van der Waals surface area contributed by atoms with E-state index in [-0.39, 0.29) is 11.4 Å². The predicted molar refractivity (Wildman–Crippen MR) is 97.5 cm³/mol. The lowest BCUT2D eigenvalue weighted by atomic mass is 10.2. The van der Waals surface area contributed by atoms with Crippen molar-refractivity contribution in [2.45, 2.75) is 24.8 Å². The van der Waals surface area contributed by atoms with E-state index in [1.165, 1.54) is 12.1 Å². The number of carbonyl (C=O) groups is 1. The van der Waals surface area contributed by atoms with Crippen LogP contribution < -0.4 is 5.32 Å². The summed E-state index contributed by atoms with van der Waals surface area (Å²) in [6.07, 6.45) is 0.179. The molecule has 0 radical (unpaired) electrons. The fraction of sp³-hybridized carbons (Fsp3) is 0.235. The average Bonchev–Trinajstić information content (AvgIpc) is 3.09. The molecule has 7 nitrogen and oxygen atoms in total. The molecule has 1 aromatic carbocycles. The number of anilines is 1. The molecule has 0 aliphatic heterocycles. The minimum absolute atomic E-state index is 0.0329. The molecule has 28 heavy (non-hydrogen) atoms. The van der Waals surface area contributed by atoms with Gasteiger partial charge >= 0.3 is 6.18 Å². The van der Waals surface area contributed by atoms with E-state index < -0.39 is 17.6 Å². The Morgan fingerprint density at radius 2 is 2.07 bits per heavy atom. The highest BCUT2D eigenvalue weighted by molar-refractivity contribution is 7.99. The molecule has 0 atom stereocenters. The standard InChI is InChI=1S/C17H15F3N6OS/c1-2-26-15(13-9-21-6-7-22-13)24-25-16(26)28-10-14(27)23-12-5-3-4-11(8-12)17(18,19)20/h3-9H,2,10H2,1H3,(H,23,27). The van der Waals surface area contributed by atoms with Gasteiger partial charge in [-0.3, -0.25) is 9.78 Å². The Bertz CT molecular complexity index is 961. The zero-order valence-electron chi connectivity index (χ0n) is 14.6. The van der Waals surface area contributed by atoms with Crippen LogP contribution in [0.4, 0.5) is 18.9 Å². The van der Waals surface area contributed by atoms with Gasteiger partial charge in [0.15, 0.2) is 11.0 Å². The van der Waals surface area contributed by atoms with Crippen LogP contribution in [0, 0.1) is 0 Å². The molecule has 0 aliphatic rings. The molecule has 1 N–H and O–H groups in total. The van der Waals surface area contributed by atoms with Gasteiger partial charge in [0.05, 0.1) is 17.5 Å². The third-order valence-corrected chi connectivity index (χ3v) is 4.60. The van der Waals surface area contributed by atoms with E-state index in [2.05, 4.69) is 25.5 Å². The normalized spacial score (nSPS) is 11.4. The molecule has 0 fully saturated rings. The molecule has 146 valence electrons. The van der Waals surface area contributed by atoms with Crippen LogP contribution in [0.3, 0.4) is 0 Å². The summed E-state index contributed by atoms with van der Waals surface area (Å²) in [5.41, 5.74) is -0.188. The van der Waals surface area contributed by atoms with Gasteiger partial charge < -0.3 is 9.88 Å². The Balaban J connectivity index is 1.66. The summed E-state index contributed by atoms with van der Waals surface area (Å²) in [5.74, 6) is 0.0434. The van der Waals surface area contributed by atoms with Gasteiger partial charge in [-0.2, -0.15) is 13.2 Å². The van der Waals surface area contributed by atoms with Crippen LogP contribution in [0.15, 0.2) is 48.0 Å². The van der Waals surface area contributed by atoms with Crippen LogP contribution in [-0.4, -0.2) is 36.4 Å². The van der Waals surface area contributed by atoms with Crippen molar-refractivity contribution in [3.05, 3.63) is 48.4 Å². The van der Waals surface area contributed by atoms with Crippen LogP contribution in [0.1, 0.15) is 12.5 Å². The molecule has 3 rings (SSSR count). The Morgan fingerprint density at radius 3 is 2.75 bits per heavy atom. The molecule has 0 saturated heterocycles. The van der Waals surface area contributed by atoms with Crippen LogP contribution in [0.2, 0.25) is 0 Å². The molecule has 0 spiro atoms. The number of alkyl halides is 3. The molecular weight excluding hydrogens is 393 g/mol. The second-order valence-electron chi connectivity index (χ2n) is 5.56. The van der Waals surface area contributed by atoms with E-state index in [9.17, 15) is 18.0 Å². The molecule has 0 aliphatic carbocycles. The molecular formula is C17H15F3N6OS. The lowest BCUT2D eigenvalue weighted by Crippen LogP contribution is -2.15. The lowest BCUT2D eigenvalue weighted by Gasteiger charge is -2.10. The van der Waals surface area contributed by atoms with Crippen molar-refractivity contribution in [3.8, 4) is 11.5 Å².